The van der Waals surface area contributed by atoms with E-state index in [1.807, 2.05) is 6.07 Å². The predicted molar refractivity (Wildman–Crippen MR) is 85.8 cm³/mol. The molecular formula is C15H18BrNOS. The maximum absolute atomic E-state index is 9.66. The average Bonchev–Trinajstić information content (AvgIpc) is 2.88. The van der Waals surface area contributed by atoms with Gasteiger partial charge in [-0.25, -0.2) is 0 Å². The molecule has 102 valence electrons. The number of halogens is 1. The lowest BCUT2D eigenvalue weighted by molar-refractivity contribution is 0.198. The van der Waals surface area contributed by atoms with Gasteiger partial charge in [0.05, 0.1) is 12.6 Å². The summed E-state index contributed by atoms with van der Waals surface area (Å²) in [6, 6.07) is 10.4. The Labute approximate surface area is 126 Å². The standard InChI is InChI=1S/C15H18BrNOS/c1-3-17(10-13-5-4-8-19-13)12-6-7-14(11(2)18)15(16)9-12/h4-9,11,18H,3,10H2,1-2H3/t11-/m0/s1. The first kappa shape index (κ1) is 14.6. The molecule has 1 heterocycles. The van der Waals surface area contributed by atoms with Gasteiger partial charge in [-0.3, -0.25) is 0 Å². The van der Waals surface area contributed by atoms with Crippen molar-refractivity contribution in [1.29, 1.82) is 0 Å². The minimum atomic E-state index is -0.448. The number of thiophene rings is 1. The molecule has 4 heteroatoms. The molecule has 1 atom stereocenters. The first-order valence-electron chi connectivity index (χ1n) is 6.36. The van der Waals surface area contributed by atoms with E-state index in [0.717, 1.165) is 23.1 Å². The van der Waals surface area contributed by atoms with Gasteiger partial charge in [-0.2, -0.15) is 0 Å². The molecule has 0 unspecified atom stereocenters. The highest BCUT2D eigenvalue weighted by atomic mass is 79.9. The van der Waals surface area contributed by atoms with Gasteiger partial charge < -0.3 is 10.0 Å². The fourth-order valence-corrected chi connectivity index (χ4v) is 3.45. The van der Waals surface area contributed by atoms with E-state index in [9.17, 15) is 5.11 Å². The van der Waals surface area contributed by atoms with Crippen LogP contribution in [0.25, 0.3) is 0 Å². The van der Waals surface area contributed by atoms with Crippen molar-refractivity contribution in [3.8, 4) is 0 Å². The maximum Gasteiger partial charge on any atom is 0.0772 e. The maximum atomic E-state index is 9.66. The number of anilines is 1. The molecule has 2 nitrogen and oxygen atoms in total. The van der Waals surface area contributed by atoms with Gasteiger partial charge in [0.15, 0.2) is 0 Å². The average molecular weight is 340 g/mol. The Morgan fingerprint density at radius 2 is 2.16 bits per heavy atom. The van der Waals surface area contributed by atoms with Gasteiger partial charge in [0, 0.05) is 21.6 Å². The molecule has 0 spiro atoms. The topological polar surface area (TPSA) is 23.5 Å². The molecular weight excluding hydrogens is 322 g/mol. The monoisotopic (exact) mass is 339 g/mol. The number of hydrogen-bond acceptors (Lipinski definition) is 3. The summed E-state index contributed by atoms with van der Waals surface area (Å²) in [4.78, 5) is 3.68. The lowest BCUT2D eigenvalue weighted by Gasteiger charge is -2.23. The second kappa shape index (κ2) is 6.55. The molecule has 2 rings (SSSR count). The zero-order chi connectivity index (χ0) is 13.8. The molecule has 0 bridgehead atoms. The second-order valence-corrected chi connectivity index (χ2v) is 6.36. The van der Waals surface area contributed by atoms with Crippen LogP contribution in [0.4, 0.5) is 5.69 Å². The largest absolute Gasteiger partial charge is 0.389 e. The second-order valence-electron chi connectivity index (χ2n) is 4.48. The number of rotatable bonds is 5. The molecule has 0 saturated carbocycles. The van der Waals surface area contributed by atoms with Gasteiger partial charge in [-0.15, -0.1) is 11.3 Å². The Kier molecular flexibility index (Phi) is 5.02. The first-order valence-corrected chi connectivity index (χ1v) is 8.04. The van der Waals surface area contributed by atoms with Crippen LogP contribution in [0.2, 0.25) is 0 Å². The zero-order valence-corrected chi connectivity index (χ0v) is 13.5. The summed E-state index contributed by atoms with van der Waals surface area (Å²) in [6.07, 6.45) is -0.448. The lowest BCUT2D eigenvalue weighted by atomic mass is 10.1. The van der Waals surface area contributed by atoms with E-state index in [2.05, 4.69) is 57.4 Å². The Morgan fingerprint density at radius 1 is 1.37 bits per heavy atom. The molecule has 0 aliphatic carbocycles. The summed E-state index contributed by atoms with van der Waals surface area (Å²) in [5.41, 5.74) is 2.10. The van der Waals surface area contributed by atoms with Crippen LogP contribution in [0.3, 0.4) is 0 Å². The van der Waals surface area contributed by atoms with E-state index in [1.54, 1.807) is 18.3 Å². The Bertz CT molecular complexity index is 525. The molecule has 0 aliphatic heterocycles. The van der Waals surface area contributed by atoms with Crippen LogP contribution in [-0.2, 0) is 6.54 Å². The quantitative estimate of drug-likeness (QED) is 0.860. The normalized spacial score (nSPS) is 12.4. The molecule has 19 heavy (non-hydrogen) atoms. The number of hydrogen-bond donors (Lipinski definition) is 1. The van der Waals surface area contributed by atoms with E-state index in [-0.39, 0.29) is 0 Å². The SMILES string of the molecule is CCN(Cc1cccs1)c1ccc([C@H](C)O)c(Br)c1. The summed E-state index contributed by atoms with van der Waals surface area (Å²) >= 11 is 5.32. The van der Waals surface area contributed by atoms with Gasteiger partial charge in [0.2, 0.25) is 0 Å². The summed E-state index contributed by atoms with van der Waals surface area (Å²) in [5, 5.41) is 11.8. The van der Waals surface area contributed by atoms with Gasteiger partial charge in [0.25, 0.3) is 0 Å². The summed E-state index contributed by atoms with van der Waals surface area (Å²) in [7, 11) is 0. The number of benzene rings is 1. The van der Waals surface area contributed by atoms with Gasteiger partial charge in [-0.1, -0.05) is 28.1 Å². The Balaban J connectivity index is 2.21. The molecule has 0 aliphatic rings. The molecule has 0 radical (unpaired) electrons. The fraction of sp³-hybridized carbons (Fsp3) is 0.333. The van der Waals surface area contributed by atoms with Crippen LogP contribution in [0.1, 0.15) is 30.4 Å². The van der Waals surface area contributed by atoms with Crippen molar-refractivity contribution in [3.63, 3.8) is 0 Å². The number of nitrogens with zero attached hydrogens (tertiary/aromatic N) is 1. The van der Waals surface area contributed by atoms with Crippen molar-refractivity contribution in [2.45, 2.75) is 26.5 Å². The highest BCUT2D eigenvalue weighted by molar-refractivity contribution is 9.10. The van der Waals surface area contributed by atoms with Crippen LogP contribution in [0.5, 0.6) is 0 Å². The van der Waals surface area contributed by atoms with Crippen molar-refractivity contribution in [1.82, 2.24) is 0 Å². The predicted octanol–water partition coefficient (Wildman–Crippen LogP) is 4.59. The van der Waals surface area contributed by atoms with Crippen molar-refractivity contribution >= 4 is 33.0 Å². The summed E-state index contributed by atoms with van der Waals surface area (Å²) in [6.45, 7) is 5.82. The van der Waals surface area contributed by atoms with Crippen molar-refractivity contribution in [2.75, 3.05) is 11.4 Å². The third-order valence-electron chi connectivity index (χ3n) is 3.11. The van der Waals surface area contributed by atoms with Crippen LogP contribution < -0.4 is 4.90 Å². The lowest BCUT2D eigenvalue weighted by Crippen LogP contribution is -2.21. The first-order chi connectivity index (χ1) is 9.11. The summed E-state index contributed by atoms with van der Waals surface area (Å²) in [5.74, 6) is 0. The van der Waals surface area contributed by atoms with Crippen LogP contribution in [0.15, 0.2) is 40.2 Å². The van der Waals surface area contributed by atoms with Crippen molar-refractivity contribution in [3.05, 3.63) is 50.6 Å². The highest BCUT2D eigenvalue weighted by Gasteiger charge is 2.11. The van der Waals surface area contributed by atoms with E-state index in [1.165, 1.54) is 10.6 Å². The third-order valence-corrected chi connectivity index (χ3v) is 4.66. The van der Waals surface area contributed by atoms with Crippen LogP contribution in [-0.4, -0.2) is 11.7 Å². The fourth-order valence-electron chi connectivity index (χ4n) is 2.03. The molecule has 1 aromatic heterocycles. The van der Waals surface area contributed by atoms with E-state index in [4.69, 9.17) is 0 Å². The molecule has 0 amide bonds. The minimum absolute atomic E-state index is 0.448. The van der Waals surface area contributed by atoms with Gasteiger partial charge in [-0.05, 0) is 43.0 Å². The molecule has 0 fully saturated rings. The van der Waals surface area contributed by atoms with Gasteiger partial charge in [0.1, 0.15) is 0 Å². The number of aliphatic hydroxyl groups excluding tert-OH is 1. The number of aliphatic hydroxyl groups is 1. The summed E-state index contributed by atoms with van der Waals surface area (Å²) < 4.78 is 0.963. The molecule has 1 N–H and O–H groups in total. The zero-order valence-electron chi connectivity index (χ0n) is 11.1. The van der Waals surface area contributed by atoms with Crippen molar-refractivity contribution in [2.24, 2.45) is 0 Å². The van der Waals surface area contributed by atoms with E-state index < -0.39 is 6.10 Å². The smallest absolute Gasteiger partial charge is 0.0772 e. The van der Waals surface area contributed by atoms with Crippen LogP contribution >= 0.6 is 27.3 Å². The van der Waals surface area contributed by atoms with Gasteiger partial charge >= 0.3 is 0 Å². The Hall–Kier alpha value is -0.840. The molecule has 0 saturated heterocycles. The van der Waals surface area contributed by atoms with E-state index in [0.29, 0.717) is 0 Å². The highest BCUT2D eigenvalue weighted by Crippen LogP contribution is 2.29. The Morgan fingerprint density at radius 3 is 2.68 bits per heavy atom. The van der Waals surface area contributed by atoms with Crippen LogP contribution in [0, 0.1) is 0 Å². The van der Waals surface area contributed by atoms with E-state index >= 15 is 0 Å². The third kappa shape index (κ3) is 3.59. The van der Waals surface area contributed by atoms with Crippen molar-refractivity contribution < 1.29 is 5.11 Å². The minimum Gasteiger partial charge on any atom is -0.389 e. The molecule has 2 aromatic rings. The molecule has 1 aromatic carbocycles.